The minimum Gasteiger partial charge on any atom is -0.461 e. The maximum absolute atomic E-state index is 11.7. The molecule has 0 radical (unpaired) electrons. The van der Waals surface area contributed by atoms with Crippen LogP contribution in [0, 0.1) is 0 Å². The van der Waals surface area contributed by atoms with E-state index in [1.54, 1.807) is 13.8 Å². The Kier molecular flexibility index (Phi) is 4.03. The number of nitrogens with zero attached hydrogens (tertiary/aromatic N) is 1. The minimum absolute atomic E-state index is 0.0825. The van der Waals surface area contributed by atoms with Crippen molar-refractivity contribution in [3.05, 3.63) is 12.0 Å². The van der Waals surface area contributed by atoms with Crippen molar-refractivity contribution in [1.29, 1.82) is 0 Å². The van der Waals surface area contributed by atoms with E-state index in [4.69, 9.17) is 9.15 Å². The van der Waals surface area contributed by atoms with Gasteiger partial charge in [0.15, 0.2) is 5.69 Å². The number of nitrogens with one attached hydrogen (secondary N) is 2. The molecular weight excluding hydrogens is 250 g/mol. The summed E-state index contributed by atoms with van der Waals surface area (Å²) < 4.78 is 9.86. The normalized spacial score (nSPS) is 15.7. The van der Waals surface area contributed by atoms with Gasteiger partial charge in [0.25, 0.3) is 6.01 Å². The van der Waals surface area contributed by atoms with Gasteiger partial charge in [-0.2, -0.15) is 4.98 Å². The van der Waals surface area contributed by atoms with E-state index >= 15 is 0 Å². The lowest BCUT2D eigenvalue weighted by Crippen LogP contribution is -2.38. The van der Waals surface area contributed by atoms with E-state index in [1.807, 2.05) is 0 Å². The van der Waals surface area contributed by atoms with E-state index in [0.717, 1.165) is 12.8 Å². The molecule has 1 amide bonds. The average Bonchev–Trinajstić information content (AvgIpc) is 3.05. The smallest absolute Gasteiger partial charge is 0.360 e. The lowest BCUT2D eigenvalue weighted by molar-refractivity contribution is -0.121. The molecule has 0 aliphatic heterocycles. The Morgan fingerprint density at radius 1 is 1.58 bits per heavy atom. The van der Waals surface area contributed by atoms with Gasteiger partial charge in [0.05, 0.1) is 6.61 Å². The van der Waals surface area contributed by atoms with Gasteiger partial charge in [-0.3, -0.25) is 4.79 Å². The molecule has 2 N–H and O–H groups in total. The minimum atomic E-state index is -0.547. The first-order valence-electron chi connectivity index (χ1n) is 6.29. The maximum Gasteiger partial charge on any atom is 0.360 e. The van der Waals surface area contributed by atoms with Crippen molar-refractivity contribution < 1.29 is 18.7 Å². The number of hydrogen-bond acceptors (Lipinski definition) is 6. The van der Waals surface area contributed by atoms with Crippen molar-refractivity contribution in [1.82, 2.24) is 10.3 Å². The fourth-order valence-corrected chi connectivity index (χ4v) is 1.44. The molecule has 1 heterocycles. The number of amides is 1. The van der Waals surface area contributed by atoms with Crippen LogP contribution in [0.1, 0.15) is 37.2 Å². The molecule has 1 aliphatic rings. The molecule has 1 aromatic rings. The molecule has 19 heavy (non-hydrogen) atoms. The molecule has 7 nitrogen and oxygen atoms in total. The second-order valence-corrected chi connectivity index (χ2v) is 4.41. The summed E-state index contributed by atoms with van der Waals surface area (Å²) in [6, 6.07) is -0.0489. The standard InChI is InChI=1S/C12H17N3O4/c1-3-18-11(17)9-6-19-12(15-9)13-7(2)10(16)14-8-4-5-8/h6-8H,3-5H2,1-2H3,(H,13,15)(H,14,16). The molecule has 104 valence electrons. The highest BCUT2D eigenvalue weighted by atomic mass is 16.5. The Morgan fingerprint density at radius 3 is 2.95 bits per heavy atom. The molecule has 0 spiro atoms. The zero-order valence-corrected chi connectivity index (χ0v) is 10.9. The molecule has 1 aromatic heterocycles. The topological polar surface area (TPSA) is 93.5 Å². The second kappa shape index (κ2) is 5.73. The summed E-state index contributed by atoms with van der Waals surface area (Å²) in [7, 11) is 0. The summed E-state index contributed by atoms with van der Waals surface area (Å²) in [5, 5.41) is 5.66. The van der Waals surface area contributed by atoms with E-state index in [1.165, 1.54) is 6.26 Å². The molecule has 1 atom stereocenters. The molecule has 1 aliphatic carbocycles. The van der Waals surface area contributed by atoms with E-state index in [-0.39, 0.29) is 24.2 Å². The summed E-state index contributed by atoms with van der Waals surface area (Å²) in [4.78, 5) is 27.0. The van der Waals surface area contributed by atoms with Crippen LogP contribution in [0.5, 0.6) is 0 Å². The second-order valence-electron chi connectivity index (χ2n) is 4.41. The third kappa shape index (κ3) is 3.70. The van der Waals surface area contributed by atoms with Crippen molar-refractivity contribution in [2.45, 2.75) is 38.8 Å². The molecule has 0 bridgehead atoms. The van der Waals surface area contributed by atoms with Gasteiger partial charge in [0, 0.05) is 6.04 Å². The number of rotatable bonds is 6. The number of carbonyl (C=O) groups is 2. The first-order valence-corrected chi connectivity index (χ1v) is 6.29. The predicted molar refractivity (Wildman–Crippen MR) is 66.7 cm³/mol. The average molecular weight is 267 g/mol. The van der Waals surface area contributed by atoms with Crippen molar-refractivity contribution >= 4 is 17.9 Å². The third-order valence-electron chi connectivity index (χ3n) is 2.65. The molecule has 0 saturated heterocycles. The number of aromatic nitrogens is 1. The highest BCUT2D eigenvalue weighted by molar-refractivity contribution is 5.87. The Bertz CT molecular complexity index is 467. The third-order valence-corrected chi connectivity index (χ3v) is 2.65. The number of hydrogen-bond donors (Lipinski definition) is 2. The van der Waals surface area contributed by atoms with Gasteiger partial charge >= 0.3 is 5.97 Å². The van der Waals surface area contributed by atoms with E-state index in [9.17, 15) is 9.59 Å². The van der Waals surface area contributed by atoms with Gasteiger partial charge in [-0.05, 0) is 26.7 Å². The van der Waals surface area contributed by atoms with Gasteiger partial charge < -0.3 is 19.8 Å². The number of ether oxygens (including phenoxy) is 1. The lowest BCUT2D eigenvalue weighted by Gasteiger charge is -2.11. The van der Waals surface area contributed by atoms with E-state index in [2.05, 4.69) is 15.6 Å². The summed E-state index contributed by atoms with van der Waals surface area (Å²) in [5.74, 6) is -0.659. The SMILES string of the molecule is CCOC(=O)c1coc(NC(C)C(=O)NC2CC2)n1. The molecule has 2 rings (SSSR count). The van der Waals surface area contributed by atoms with Crippen LogP contribution < -0.4 is 10.6 Å². The van der Waals surface area contributed by atoms with Gasteiger partial charge in [-0.25, -0.2) is 4.79 Å². The van der Waals surface area contributed by atoms with Gasteiger partial charge in [0.1, 0.15) is 12.3 Å². The quantitative estimate of drug-likeness (QED) is 0.745. The first-order chi connectivity index (χ1) is 9.10. The Balaban J connectivity index is 1.87. The highest BCUT2D eigenvalue weighted by Gasteiger charge is 2.26. The van der Waals surface area contributed by atoms with Crippen LogP contribution in [0.4, 0.5) is 6.01 Å². The molecule has 1 unspecified atom stereocenters. The van der Waals surface area contributed by atoms with Crippen LogP contribution in [0.3, 0.4) is 0 Å². The van der Waals surface area contributed by atoms with Crippen LogP contribution in [-0.2, 0) is 9.53 Å². The van der Waals surface area contributed by atoms with Crippen LogP contribution in [0.2, 0.25) is 0 Å². The first kappa shape index (κ1) is 13.4. The molecular formula is C12H17N3O4. The molecule has 1 fully saturated rings. The number of anilines is 1. The van der Waals surface area contributed by atoms with Crippen LogP contribution in [0.15, 0.2) is 10.7 Å². The van der Waals surface area contributed by atoms with E-state index < -0.39 is 12.0 Å². The van der Waals surface area contributed by atoms with E-state index in [0.29, 0.717) is 6.04 Å². The Labute approximate surface area is 110 Å². The Morgan fingerprint density at radius 2 is 2.32 bits per heavy atom. The molecule has 0 aromatic carbocycles. The maximum atomic E-state index is 11.7. The predicted octanol–water partition coefficient (Wildman–Crippen LogP) is 0.930. The number of oxazole rings is 1. The zero-order valence-electron chi connectivity index (χ0n) is 10.9. The summed E-state index contributed by atoms with van der Waals surface area (Å²) in [6.45, 7) is 3.68. The summed E-state index contributed by atoms with van der Waals surface area (Å²) >= 11 is 0. The van der Waals surface area contributed by atoms with Gasteiger partial charge in [-0.15, -0.1) is 0 Å². The molecule has 1 saturated carbocycles. The van der Waals surface area contributed by atoms with Gasteiger partial charge in [-0.1, -0.05) is 0 Å². The monoisotopic (exact) mass is 267 g/mol. The van der Waals surface area contributed by atoms with Crippen LogP contribution in [-0.4, -0.2) is 35.6 Å². The number of esters is 1. The van der Waals surface area contributed by atoms with Gasteiger partial charge in [0.2, 0.25) is 5.91 Å². The fourth-order valence-electron chi connectivity index (χ4n) is 1.44. The van der Waals surface area contributed by atoms with Crippen molar-refractivity contribution in [3.63, 3.8) is 0 Å². The Hall–Kier alpha value is -2.05. The van der Waals surface area contributed by atoms with Crippen molar-refractivity contribution in [3.8, 4) is 0 Å². The summed E-state index contributed by atoms with van der Waals surface area (Å²) in [6.07, 6.45) is 3.26. The largest absolute Gasteiger partial charge is 0.461 e. The van der Waals surface area contributed by atoms with Crippen LogP contribution >= 0.6 is 0 Å². The highest BCUT2D eigenvalue weighted by Crippen LogP contribution is 2.19. The van der Waals surface area contributed by atoms with Crippen molar-refractivity contribution in [2.24, 2.45) is 0 Å². The summed E-state index contributed by atoms with van der Waals surface area (Å²) in [5.41, 5.74) is 0.0825. The fraction of sp³-hybridized carbons (Fsp3) is 0.583. The lowest BCUT2D eigenvalue weighted by atomic mass is 10.3. The van der Waals surface area contributed by atoms with Crippen LogP contribution in [0.25, 0.3) is 0 Å². The van der Waals surface area contributed by atoms with Crippen molar-refractivity contribution in [2.75, 3.05) is 11.9 Å². The number of carbonyl (C=O) groups excluding carboxylic acids is 2. The zero-order chi connectivity index (χ0) is 13.8. The molecule has 7 heteroatoms.